The number of nitrogens with one attached hydrogen (secondary N) is 1. The predicted molar refractivity (Wildman–Crippen MR) is 90.8 cm³/mol. The van der Waals surface area contributed by atoms with Crippen LogP contribution in [-0.2, 0) is 16.1 Å². The van der Waals surface area contributed by atoms with Crippen LogP contribution in [0.5, 0.6) is 0 Å². The molecule has 0 saturated heterocycles. The zero-order chi connectivity index (χ0) is 17.4. The van der Waals surface area contributed by atoms with Crippen molar-refractivity contribution in [1.82, 2.24) is 5.32 Å². The van der Waals surface area contributed by atoms with Crippen molar-refractivity contribution in [2.45, 2.75) is 25.9 Å². The van der Waals surface area contributed by atoms with Crippen molar-refractivity contribution in [3.05, 3.63) is 71.3 Å². The number of ether oxygens (including phenoxy) is 1. The molecule has 0 aromatic heterocycles. The normalized spacial score (nSPS) is 11.5. The first-order valence-corrected chi connectivity index (χ1v) is 7.77. The van der Waals surface area contributed by atoms with Crippen LogP contribution in [0.15, 0.2) is 54.6 Å². The van der Waals surface area contributed by atoms with Gasteiger partial charge in [0.15, 0.2) is 0 Å². The van der Waals surface area contributed by atoms with E-state index in [4.69, 9.17) is 9.84 Å². The topological polar surface area (TPSA) is 75.6 Å². The minimum Gasteiger partial charge on any atom is -0.481 e. The lowest BCUT2D eigenvalue weighted by atomic mass is 9.95. The number of benzene rings is 2. The van der Waals surface area contributed by atoms with Gasteiger partial charge in [-0.15, -0.1) is 0 Å². The number of rotatable bonds is 7. The van der Waals surface area contributed by atoms with Crippen molar-refractivity contribution < 1.29 is 19.4 Å². The quantitative estimate of drug-likeness (QED) is 0.816. The second-order valence-corrected chi connectivity index (χ2v) is 5.65. The molecule has 126 valence electrons. The van der Waals surface area contributed by atoms with Crippen LogP contribution in [0, 0.1) is 6.92 Å². The molecule has 2 aromatic carbocycles. The molecule has 0 heterocycles. The summed E-state index contributed by atoms with van der Waals surface area (Å²) in [5, 5.41) is 11.7. The van der Waals surface area contributed by atoms with Crippen LogP contribution < -0.4 is 5.32 Å². The van der Waals surface area contributed by atoms with E-state index in [1.165, 1.54) is 0 Å². The Kier molecular flexibility index (Phi) is 6.37. The Morgan fingerprint density at radius 2 is 1.75 bits per heavy atom. The molecule has 0 saturated carbocycles. The van der Waals surface area contributed by atoms with E-state index in [9.17, 15) is 9.59 Å². The fourth-order valence-corrected chi connectivity index (χ4v) is 2.34. The van der Waals surface area contributed by atoms with Crippen LogP contribution in [-0.4, -0.2) is 23.7 Å². The second kappa shape index (κ2) is 8.72. The molecule has 0 aliphatic carbocycles. The summed E-state index contributed by atoms with van der Waals surface area (Å²) in [6.07, 6.45) is -0.608. The Morgan fingerprint density at radius 1 is 1.08 bits per heavy atom. The summed E-state index contributed by atoms with van der Waals surface area (Å²) in [6.45, 7) is 2.36. The smallest absolute Gasteiger partial charge is 0.407 e. The van der Waals surface area contributed by atoms with E-state index in [0.29, 0.717) is 0 Å². The molecule has 2 aromatic rings. The molecule has 1 atom stereocenters. The van der Waals surface area contributed by atoms with Gasteiger partial charge < -0.3 is 15.2 Å². The van der Waals surface area contributed by atoms with Gasteiger partial charge in [0.2, 0.25) is 0 Å². The van der Waals surface area contributed by atoms with Gasteiger partial charge in [0.25, 0.3) is 0 Å². The van der Waals surface area contributed by atoms with E-state index in [1.54, 1.807) is 0 Å². The molecule has 5 nitrogen and oxygen atoms in total. The van der Waals surface area contributed by atoms with Crippen molar-refractivity contribution in [3.63, 3.8) is 0 Å². The first-order chi connectivity index (χ1) is 11.5. The lowest BCUT2D eigenvalue weighted by molar-refractivity contribution is -0.137. The third-order valence-electron chi connectivity index (χ3n) is 3.68. The Morgan fingerprint density at radius 3 is 2.38 bits per heavy atom. The Hall–Kier alpha value is -2.82. The summed E-state index contributed by atoms with van der Waals surface area (Å²) in [5.41, 5.74) is 2.88. The van der Waals surface area contributed by atoms with E-state index in [1.807, 2.05) is 61.5 Å². The summed E-state index contributed by atoms with van der Waals surface area (Å²) >= 11 is 0. The number of alkyl carbamates (subject to hydrolysis) is 1. The fourth-order valence-electron chi connectivity index (χ4n) is 2.34. The zero-order valence-electron chi connectivity index (χ0n) is 13.6. The molecular weight excluding hydrogens is 306 g/mol. The molecule has 2 N–H and O–H groups in total. The zero-order valence-corrected chi connectivity index (χ0v) is 13.6. The maximum atomic E-state index is 11.8. The summed E-state index contributed by atoms with van der Waals surface area (Å²) in [7, 11) is 0. The van der Waals surface area contributed by atoms with Gasteiger partial charge in [0.05, 0.1) is 6.42 Å². The van der Waals surface area contributed by atoms with E-state index in [2.05, 4.69) is 5.32 Å². The summed E-state index contributed by atoms with van der Waals surface area (Å²) in [4.78, 5) is 22.9. The molecule has 1 amide bonds. The number of aliphatic carboxylic acids is 1. The fraction of sp³-hybridized carbons (Fsp3) is 0.263. The van der Waals surface area contributed by atoms with Gasteiger partial charge in [-0.3, -0.25) is 4.79 Å². The highest BCUT2D eigenvalue weighted by molar-refractivity contribution is 5.69. The van der Waals surface area contributed by atoms with Crippen LogP contribution in [0.3, 0.4) is 0 Å². The monoisotopic (exact) mass is 327 g/mol. The van der Waals surface area contributed by atoms with Crippen LogP contribution in [0.4, 0.5) is 4.79 Å². The SMILES string of the molecule is Cc1ccc([C@H](CNC(=O)OCc2ccccc2)CC(=O)O)cc1. The number of carbonyl (C=O) groups excluding carboxylic acids is 1. The second-order valence-electron chi connectivity index (χ2n) is 5.65. The van der Waals surface area contributed by atoms with Crippen LogP contribution in [0.1, 0.15) is 29.0 Å². The van der Waals surface area contributed by atoms with Gasteiger partial charge in [-0.2, -0.15) is 0 Å². The molecule has 0 unspecified atom stereocenters. The van der Waals surface area contributed by atoms with Gasteiger partial charge >= 0.3 is 12.1 Å². The van der Waals surface area contributed by atoms with E-state index >= 15 is 0 Å². The predicted octanol–water partition coefficient (Wildman–Crippen LogP) is 3.48. The number of hydrogen-bond acceptors (Lipinski definition) is 3. The minimum atomic E-state index is -0.903. The third-order valence-corrected chi connectivity index (χ3v) is 3.68. The average Bonchev–Trinajstić information content (AvgIpc) is 2.58. The maximum Gasteiger partial charge on any atom is 0.407 e. The van der Waals surface area contributed by atoms with E-state index < -0.39 is 12.1 Å². The molecule has 0 aliphatic rings. The first kappa shape index (κ1) is 17.5. The summed E-state index contributed by atoms with van der Waals surface area (Å²) < 4.78 is 5.14. The number of carboxylic acid groups (broad SMARTS) is 1. The van der Waals surface area contributed by atoms with E-state index in [0.717, 1.165) is 16.7 Å². The van der Waals surface area contributed by atoms with E-state index in [-0.39, 0.29) is 25.5 Å². The van der Waals surface area contributed by atoms with Crippen molar-refractivity contribution in [2.24, 2.45) is 0 Å². The number of carboxylic acids is 1. The molecule has 0 spiro atoms. The minimum absolute atomic E-state index is 0.0535. The molecular formula is C19H21NO4. The van der Waals surface area contributed by atoms with Gasteiger partial charge in [-0.1, -0.05) is 60.2 Å². The molecule has 0 aliphatic heterocycles. The first-order valence-electron chi connectivity index (χ1n) is 7.77. The van der Waals surface area contributed by atoms with Gasteiger partial charge in [0, 0.05) is 12.5 Å². The lowest BCUT2D eigenvalue weighted by Crippen LogP contribution is -2.30. The molecule has 5 heteroatoms. The van der Waals surface area contributed by atoms with Crippen molar-refractivity contribution in [2.75, 3.05) is 6.54 Å². The highest BCUT2D eigenvalue weighted by atomic mass is 16.5. The van der Waals surface area contributed by atoms with Crippen LogP contribution in [0.25, 0.3) is 0 Å². The highest BCUT2D eigenvalue weighted by Gasteiger charge is 2.17. The van der Waals surface area contributed by atoms with Crippen molar-refractivity contribution >= 4 is 12.1 Å². The number of amides is 1. The third kappa shape index (κ3) is 5.76. The molecule has 24 heavy (non-hydrogen) atoms. The summed E-state index contributed by atoms with van der Waals surface area (Å²) in [6, 6.07) is 17.0. The number of carbonyl (C=O) groups is 2. The lowest BCUT2D eigenvalue weighted by Gasteiger charge is -2.16. The van der Waals surface area contributed by atoms with Crippen LogP contribution >= 0.6 is 0 Å². The standard InChI is InChI=1S/C19H21NO4/c1-14-7-9-16(10-8-14)17(11-18(21)22)12-20-19(23)24-13-15-5-3-2-4-6-15/h2-10,17H,11-13H2,1H3,(H,20,23)(H,21,22)/t17-/m0/s1. The number of aryl methyl sites for hydroxylation is 1. The molecule has 0 bridgehead atoms. The Balaban J connectivity index is 1.88. The molecule has 0 fully saturated rings. The largest absolute Gasteiger partial charge is 0.481 e. The molecule has 2 rings (SSSR count). The van der Waals surface area contributed by atoms with Crippen molar-refractivity contribution in [1.29, 1.82) is 0 Å². The number of hydrogen-bond donors (Lipinski definition) is 2. The Labute approximate surface area is 141 Å². The summed E-state index contributed by atoms with van der Waals surface area (Å²) in [5.74, 6) is -1.20. The van der Waals surface area contributed by atoms with Gasteiger partial charge in [0.1, 0.15) is 6.61 Å². The Bertz CT molecular complexity index is 668. The van der Waals surface area contributed by atoms with Crippen molar-refractivity contribution in [3.8, 4) is 0 Å². The van der Waals surface area contributed by atoms with Gasteiger partial charge in [-0.05, 0) is 18.1 Å². The highest BCUT2D eigenvalue weighted by Crippen LogP contribution is 2.19. The average molecular weight is 327 g/mol. The maximum absolute atomic E-state index is 11.8. The molecule has 0 radical (unpaired) electrons. The van der Waals surface area contributed by atoms with Crippen LogP contribution in [0.2, 0.25) is 0 Å². The van der Waals surface area contributed by atoms with Gasteiger partial charge in [-0.25, -0.2) is 4.79 Å².